The van der Waals surface area contributed by atoms with Crippen LogP contribution in [0.3, 0.4) is 0 Å². The minimum absolute atomic E-state index is 0.210. The largest absolute Gasteiger partial charge is 0.478 e. The number of hydrogen-bond acceptors (Lipinski definition) is 6. The number of alkyl halides is 1. The molecule has 0 saturated heterocycles. The van der Waals surface area contributed by atoms with Gasteiger partial charge in [0.2, 0.25) is 6.10 Å². The average Bonchev–Trinajstić information content (AvgIpc) is 2.80. The fraction of sp³-hybridized carbons (Fsp3) is 0.417. The predicted octanol–water partition coefficient (Wildman–Crippen LogP) is 4.51. The van der Waals surface area contributed by atoms with E-state index >= 15 is 0 Å². The predicted molar refractivity (Wildman–Crippen MR) is 126 cm³/mol. The maximum Gasteiger partial charge on any atom is 0.348 e. The molecule has 0 fully saturated rings. The van der Waals surface area contributed by atoms with Crippen molar-refractivity contribution in [2.75, 3.05) is 17.6 Å². The highest BCUT2D eigenvalue weighted by molar-refractivity contribution is 14.1. The highest BCUT2D eigenvalue weighted by Crippen LogP contribution is 2.18. The molecule has 2 aromatic carbocycles. The lowest BCUT2D eigenvalue weighted by atomic mass is 10.1. The maximum atomic E-state index is 12.4. The van der Waals surface area contributed by atoms with Gasteiger partial charge in [0, 0.05) is 17.5 Å². The molecule has 7 heteroatoms. The lowest BCUT2D eigenvalue weighted by Crippen LogP contribution is -2.31. The molecule has 0 aromatic heterocycles. The molecule has 31 heavy (non-hydrogen) atoms. The van der Waals surface area contributed by atoms with Crippen LogP contribution in [0, 0.1) is 0 Å². The summed E-state index contributed by atoms with van der Waals surface area (Å²) in [6, 6.07) is 16.8. The molecule has 0 heterocycles. The number of hydrogen-bond donors (Lipinski definition) is 0. The van der Waals surface area contributed by atoms with Gasteiger partial charge in [0.25, 0.3) is 0 Å². The maximum absolute atomic E-state index is 12.4. The first kappa shape index (κ1) is 25.1. The normalized spacial score (nSPS) is 12.6. The Morgan fingerprint density at radius 1 is 0.871 bits per heavy atom. The van der Waals surface area contributed by atoms with Crippen LogP contribution in [-0.2, 0) is 36.8 Å². The van der Waals surface area contributed by atoms with Crippen LogP contribution >= 0.6 is 22.6 Å². The Morgan fingerprint density at radius 3 is 2.16 bits per heavy atom. The number of carbonyl (C=O) groups is 2. The lowest BCUT2D eigenvalue weighted by molar-refractivity contribution is -0.156. The van der Waals surface area contributed by atoms with Crippen LogP contribution in [0.25, 0.3) is 0 Å². The van der Waals surface area contributed by atoms with E-state index in [1.165, 1.54) is 0 Å². The molecular formula is C24H29IO6. The molecule has 0 bridgehead atoms. The SMILES string of the molecule is CCCO[C@@H](Cc1ccc(O[C@H](CI)C(=O)OCc2ccccc2)cc1)C(=O)OCC. The Labute approximate surface area is 197 Å². The van der Waals surface area contributed by atoms with Crippen molar-refractivity contribution in [1.82, 2.24) is 0 Å². The zero-order valence-electron chi connectivity index (χ0n) is 17.9. The van der Waals surface area contributed by atoms with Gasteiger partial charge in [-0.05, 0) is 36.6 Å². The van der Waals surface area contributed by atoms with Gasteiger partial charge in [-0.2, -0.15) is 0 Å². The molecule has 2 atom stereocenters. The number of carbonyl (C=O) groups excluding carboxylic acids is 2. The van der Waals surface area contributed by atoms with E-state index in [0.717, 1.165) is 17.5 Å². The van der Waals surface area contributed by atoms with Gasteiger partial charge in [-0.1, -0.05) is 72.0 Å². The summed E-state index contributed by atoms with van der Waals surface area (Å²) in [4.78, 5) is 24.5. The molecule has 2 rings (SSSR count). The molecule has 0 aliphatic heterocycles. The number of ether oxygens (including phenoxy) is 4. The third-order valence-electron chi connectivity index (χ3n) is 4.32. The van der Waals surface area contributed by atoms with E-state index in [1.54, 1.807) is 19.1 Å². The fourth-order valence-electron chi connectivity index (χ4n) is 2.75. The van der Waals surface area contributed by atoms with E-state index in [9.17, 15) is 9.59 Å². The van der Waals surface area contributed by atoms with Crippen molar-refractivity contribution in [3.8, 4) is 5.75 Å². The second kappa shape index (κ2) is 14.0. The first-order valence-corrected chi connectivity index (χ1v) is 11.9. The van der Waals surface area contributed by atoms with Crippen LogP contribution in [-0.4, -0.2) is 41.8 Å². The summed E-state index contributed by atoms with van der Waals surface area (Å²) in [5.74, 6) is -0.204. The summed E-state index contributed by atoms with van der Waals surface area (Å²) in [5.41, 5.74) is 1.84. The summed E-state index contributed by atoms with van der Waals surface area (Å²) < 4.78 is 22.4. The van der Waals surface area contributed by atoms with E-state index in [-0.39, 0.29) is 12.6 Å². The summed E-state index contributed by atoms with van der Waals surface area (Å²) in [7, 11) is 0. The van der Waals surface area contributed by atoms with Crippen molar-refractivity contribution in [3.63, 3.8) is 0 Å². The first-order valence-electron chi connectivity index (χ1n) is 10.4. The topological polar surface area (TPSA) is 71.1 Å². The average molecular weight is 540 g/mol. The van der Waals surface area contributed by atoms with E-state index in [0.29, 0.717) is 29.8 Å². The highest BCUT2D eigenvalue weighted by Gasteiger charge is 2.22. The summed E-state index contributed by atoms with van der Waals surface area (Å²) in [5, 5.41) is 0. The zero-order chi connectivity index (χ0) is 22.5. The van der Waals surface area contributed by atoms with Gasteiger partial charge in [0.05, 0.1) is 6.61 Å². The third-order valence-corrected chi connectivity index (χ3v) is 5.12. The van der Waals surface area contributed by atoms with Gasteiger partial charge in [-0.25, -0.2) is 9.59 Å². The van der Waals surface area contributed by atoms with E-state index in [4.69, 9.17) is 18.9 Å². The fourth-order valence-corrected chi connectivity index (χ4v) is 3.29. The van der Waals surface area contributed by atoms with E-state index < -0.39 is 18.2 Å². The van der Waals surface area contributed by atoms with Gasteiger partial charge in [-0.15, -0.1) is 0 Å². The second-order valence-electron chi connectivity index (χ2n) is 6.81. The molecule has 2 aromatic rings. The van der Waals surface area contributed by atoms with Crippen LogP contribution < -0.4 is 4.74 Å². The van der Waals surface area contributed by atoms with Gasteiger partial charge in [0.1, 0.15) is 12.4 Å². The van der Waals surface area contributed by atoms with Crippen molar-refractivity contribution >= 4 is 34.5 Å². The van der Waals surface area contributed by atoms with Crippen molar-refractivity contribution in [2.24, 2.45) is 0 Å². The Hall–Kier alpha value is -2.13. The van der Waals surface area contributed by atoms with Crippen LogP contribution in [0.5, 0.6) is 5.75 Å². The molecule has 0 aliphatic carbocycles. The highest BCUT2D eigenvalue weighted by atomic mass is 127. The standard InChI is InChI=1S/C24H29IO6/c1-3-14-29-21(23(26)28-4-2)15-18-10-12-20(13-11-18)31-22(16-25)24(27)30-17-19-8-6-5-7-9-19/h5-13,21-22H,3-4,14-17H2,1-2H3/t21-,22+/m0/s1. The van der Waals surface area contributed by atoms with Crippen molar-refractivity contribution < 1.29 is 28.5 Å². The molecule has 6 nitrogen and oxygen atoms in total. The van der Waals surface area contributed by atoms with Gasteiger partial charge in [-0.3, -0.25) is 0 Å². The second-order valence-corrected chi connectivity index (χ2v) is 7.69. The Kier molecular flexibility index (Phi) is 11.4. The first-order chi connectivity index (χ1) is 15.1. The number of benzene rings is 2. The Balaban J connectivity index is 1.92. The number of rotatable bonds is 13. The molecule has 168 valence electrons. The Bertz CT molecular complexity index is 793. The summed E-state index contributed by atoms with van der Waals surface area (Å²) >= 11 is 2.10. The quantitative estimate of drug-likeness (QED) is 0.212. The minimum atomic E-state index is -0.699. The zero-order valence-corrected chi connectivity index (χ0v) is 20.1. The summed E-state index contributed by atoms with van der Waals surface area (Å²) in [6.45, 7) is 4.78. The van der Waals surface area contributed by atoms with Gasteiger partial charge >= 0.3 is 11.9 Å². The number of halogens is 1. The summed E-state index contributed by atoms with van der Waals surface area (Å²) in [6.07, 6.45) is -0.105. The molecule has 0 spiro atoms. The van der Waals surface area contributed by atoms with Crippen LogP contribution in [0.2, 0.25) is 0 Å². The molecular weight excluding hydrogens is 511 g/mol. The van der Waals surface area contributed by atoms with Gasteiger partial charge in [0.15, 0.2) is 6.10 Å². The van der Waals surface area contributed by atoms with Crippen molar-refractivity contribution in [1.29, 1.82) is 0 Å². The molecule has 0 radical (unpaired) electrons. The Morgan fingerprint density at radius 2 is 1.55 bits per heavy atom. The molecule has 0 unspecified atom stereocenters. The molecule has 0 amide bonds. The van der Waals surface area contributed by atoms with Crippen LogP contribution in [0.4, 0.5) is 0 Å². The third kappa shape index (κ3) is 8.86. The smallest absolute Gasteiger partial charge is 0.348 e. The van der Waals surface area contributed by atoms with E-state index in [2.05, 4.69) is 22.6 Å². The molecule has 0 saturated carbocycles. The van der Waals surface area contributed by atoms with Crippen molar-refractivity contribution in [3.05, 3.63) is 65.7 Å². The van der Waals surface area contributed by atoms with Crippen LogP contribution in [0.15, 0.2) is 54.6 Å². The van der Waals surface area contributed by atoms with Crippen molar-refractivity contribution in [2.45, 2.75) is 45.5 Å². The molecule has 0 aliphatic rings. The molecule has 0 N–H and O–H groups in total. The van der Waals surface area contributed by atoms with Crippen LogP contribution in [0.1, 0.15) is 31.4 Å². The monoisotopic (exact) mass is 540 g/mol. The van der Waals surface area contributed by atoms with Gasteiger partial charge < -0.3 is 18.9 Å². The van der Waals surface area contributed by atoms with E-state index in [1.807, 2.05) is 49.4 Å². The lowest BCUT2D eigenvalue weighted by Gasteiger charge is -2.18. The number of esters is 2. The minimum Gasteiger partial charge on any atom is -0.478 e.